The number of thiazole rings is 1. The molecule has 0 N–H and O–H groups in total. The molecule has 0 aliphatic rings. The van der Waals surface area contributed by atoms with Crippen molar-refractivity contribution >= 4 is 32.6 Å². The molecule has 4 rings (SSSR count). The molecule has 0 radical (unpaired) electrons. The highest BCUT2D eigenvalue weighted by atomic mass is 32.1. The molecule has 136 valence electrons. The topological polar surface area (TPSA) is 73.1 Å². The Morgan fingerprint density at radius 1 is 1.22 bits per heavy atom. The monoisotopic (exact) mass is 379 g/mol. The average Bonchev–Trinajstić information content (AvgIpc) is 3.31. The Morgan fingerprint density at radius 3 is 2.81 bits per heavy atom. The molecule has 0 spiro atoms. The minimum Gasteiger partial charge on any atom is -0.497 e. The predicted molar refractivity (Wildman–Crippen MR) is 104 cm³/mol. The Morgan fingerprint density at radius 2 is 2.11 bits per heavy atom. The lowest BCUT2D eigenvalue weighted by molar-refractivity contribution is 0.0975. The van der Waals surface area contributed by atoms with Crippen molar-refractivity contribution in [2.45, 2.75) is 6.54 Å². The van der Waals surface area contributed by atoms with E-state index in [0.717, 1.165) is 21.7 Å². The van der Waals surface area contributed by atoms with Crippen LogP contribution in [0.5, 0.6) is 5.75 Å². The Kier molecular flexibility index (Phi) is 4.55. The van der Waals surface area contributed by atoms with E-state index in [0.29, 0.717) is 17.4 Å². The number of pyridine rings is 1. The fraction of sp³-hybridized carbons (Fsp3) is 0.158. The third-order valence-corrected chi connectivity index (χ3v) is 5.19. The van der Waals surface area contributed by atoms with Crippen LogP contribution in [0.25, 0.3) is 10.2 Å². The van der Waals surface area contributed by atoms with Crippen LogP contribution in [0.4, 0.5) is 5.13 Å². The highest BCUT2D eigenvalue weighted by molar-refractivity contribution is 7.22. The van der Waals surface area contributed by atoms with Crippen LogP contribution in [-0.2, 0) is 13.6 Å². The molecule has 0 aliphatic carbocycles. The first-order valence-electron chi connectivity index (χ1n) is 8.30. The van der Waals surface area contributed by atoms with Gasteiger partial charge in [0.05, 0.1) is 29.6 Å². The Hall–Kier alpha value is -3.26. The smallest absolute Gasteiger partial charge is 0.278 e. The summed E-state index contributed by atoms with van der Waals surface area (Å²) in [5.74, 6) is 0.582. The number of nitrogens with zero attached hydrogens (tertiary/aromatic N) is 5. The molecule has 4 aromatic rings. The number of carbonyl (C=O) groups is 1. The fourth-order valence-electron chi connectivity index (χ4n) is 2.74. The lowest BCUT2D eigenvalue weighted by Gasteiger charge is -2.19. The van der Waals surface area contributed by atoms with E-state index in [1.54, 1.807) is 42.2 Å². The van der Waals surface area contributed by atoms with Crippen LogP contribution in [0.2, 0.25) is 0 Å². The van der Waals surface area contributed by atoms with Crippen LogP contribution in [-0.4, -0.2) is 32.8 Å². The maximum atomic E-state index is 13.2. The first kappa shape index (κ1) is 17.2. The number of rotatable bonds is 5. The molecule has 1 amide bonds. The Labute approximate surface area is 159 Å². The van der Waals surface area contributed by atoms with Crippen LogP contribution in [0.3, 0.4) is 0 Å². The summed E-state index contributed by atoms with van der Waals surface area (Å²) in [7, 11) is 3.37. The van der Waals surface area contributed by atoms with Crippen molar-refractivity contribution < 1.29 is 9.53 Å². The zero-order valence-electron chi connectivity index (χ0n) is 14.9. The summed E-state index contributed by atoms with van der Waals surface area (Å²) in [5.41, 5.74) is 2.09. The van der Waals surface area contributed by atoms with Crippen molar-refractivity contribution in [1.29, 1.82) is 0 Å². The number of anilines is 1. The zero-order chi connectivity index (χ0) is 18.8. The van der Waals surface area contributed by atoms with Crippen molar-refractivity contribution in [3.8, 4) is 5.75 Å². The summed E-state index contributed by atoms with van der Waals surface area (Å²) in [6.07, 6.45) is 3.32. The molecular weight excluding hydrogens is 362 g/mol. The van der Waals surface area contributed by atoms with E-state index < -0.39 is 0 Å². The second-order valence-electron chi connectivity index (χ2n) is 5.88. The van der Waals surface area contributed by atoms with E-state index in [1.165, 1.54) is 11.3 Å². The quantitative estimate of drug-likeness (QED) is 0.532. The van der Waals surface area contributed by atoms with Gasteiger partial charge >= 0.3 is 0 Å². The molecule has 0 bridgehead atoms. The van der Waals surface area contributed by atoms with E-state index in [4.69, 9.17) is 4.74 Å². The molecule has 0 fully saturated rings. The van der Waals surface area contributed by atoms with Crippen LogP contribution in [0, 0.1) is 0 Å². The average molecular weight is 379 g/mol. The van der Waals surface area contributed by atoms with Gasteiger partial charge in [0.2, 0.25) is 0 Å². The van der Waals surface area contributed by atoms with Gasteiger partial charge in [-0.2, -0.15) is 5.10 Å². The van der Waals surface area contributed by atoms with E-state index in [-0.39, 0.29) is 5.91 Å². The third kappa shape index (κ3) is 3.39. The van der Waals surface area contributed by atoms with Gasteiger partial charge in [0.25, 0.3) is 5.91 Å². The third-order valence-electron chi connectivity index (χ3n) is 4.15. The normalized spacial score (nSPS) is 10.9. The molecule has 3 aromatic heterocycles. The van der Waals surface area contributed by atoms with Crippen molar-refractivity contribution in [3.63, 3.8) is 0 Å². The first-order chi connectivity index (χ1) is 13.2. The van der Waals surface area contributed by atoms with Crippen LogP contribution >= 0.6 is 11.3 Å². The van der Waals surface area contributed by atoms with Crippen molar-refractivity contribution in [2.24, 2.45) is 7.05 Å². The molecule has 7 nitrogen and oxygen atoms in total. The second-order valence-corrected chi connectivity index (χ2v) is 6.89. The van der Waals surface area contributed by atoms with Crippen LogP contribution < -0.4 is 9.64 Å². The number of ether oxygens (including phenoxy) is 1. The lowest BCUT2D eigenvalue weighted by atomic mass is 10.3. The minimum absolute atomic E-state index is 0.174. The van der Waals surface area contributed by atoms with Gasteiger partial charge in [-0.3, -0.25) is 19.4 Å². The highest BCUT2D eigenvalue weighted by Crippen LogP contribution is 2.32. The number of methoxy groups -OCH3 is 1. The number of amides is 1. The molecule has 8 heteroatoms. The molecule has 0 unspecified atom stereocenters. The number of aromatic nitrogens is 4. The fourth-order valence-corrected chi connectivity index (χ4v) is 3.73. The van der Waals surface area contributed by atoms with E-state index in [2.05, 4.69) is 15.1 Å². The number of hydrogen-bond donors (Lipinski definition) is 0. The van der Waals surface area contributed by atoms with Gasteiger partial charge in [0, 0.05) is 19.4 Å². The summed E-state index contributed by atoms with van der Waals surface area (Å²) in [5, 5.41) is 4.71. The number of aryl methyl sites for hydroxylation is 1. The Bertz CT molecular complexity index is 1090. The van der Waals surface area contributed by atoms with Crippen molar-refractivity contribution in [3.05, 3.63) is 66.2 Å². The maximum Gasteiger partial charge on any atom is 0.278 e. The molecule has 0 atom stereocenters. The summed E-state index contributed by atoms with van der Waals surface area (Å²) >= 11 is 1.44. The predicted octanol–water partition coefficient (Wildman–Crippen LogP) is 3.28. The summed E-state index contributed by atoms with van der Waals surface area (Å²) < 4.78 is 7.80. The standard InChI is InChI=1S/C19H17N5O2S/c1-23-16(8-10-21-23)18(25)24(12-13-5-3-4-9-20-13)19-22-15-7-6-14(26-2)11-17(15)27-19/h3-11H,12H2,1-2H3. The summed E-state index contributed by atoms with van der Waals surface area (Å²) in [4.78, 5) is 23.9. The number of carbonyl (C=O) groups excluding carboxylic acids is 1. The molecule has 3 heterocycles. The first-order valence-corrected chi connectivity index (χ1v) is 9.11. The molecule has 27 heavy (non-hydrogen) atoms. The van der Waals surface area contributed by atoms with Gasteiger partial charge in [-0.1, -0.05) is 17.4 Å². The number of hydrogen-bond acceptors (Lipinski definition) is 6. The molecule has 0 aliphatic heterocycles. The van der Waals surface area contributed by atoms with Gasteiger partial charge in [-0.05, 0) is 36.4 Å². The zero-order valence-corrected chi connectivity index (χ0v) is 15.7. The van der Waals surface area contributed by atoms with Crippen molar-refractivity contribution in [2.75, 3.05) is 12.0 Å². The van der Waals surface area contributed by atoms with Gasteiger partial charge in [0.15, 0.2) is 5.13 Å². The summed E-state index contributed by atoms with van der Waals surface area (Å²) in [6, 6.07) is 13.0. The SMILES string of the molecule is COc1ccc2nc(N(Cc3ccccn3)C(=O)c3ccnn3C)sc2c1. The van der Waals surface area contributed by atoms with Gasteiger partial charge in [-0.15, -0.1) is 0 Å². The van der Waals surface area contributed by atoms with Crippen molar-refractivity contribution in [1.82, 2.24) is 19.7 Å². The minimum atomic E-state index is -0.174. The maximum absolute atomic E-state index is 13.2. The molecule has 0 saturated heterocycles. The van der Waals surface area contributed by atoms with Gasteiger partial charge in [-0.25, -0.2) is 4.98 Å². The van der Waals surface area contributed by atoms with E-state index in [9.17, 15) is 4.79 Å². The largest absolute Gasteiger partial charge is 0.497 e. The number of fused-ring (bicyclic) bond motifs is 1. The lowest BCUT2D eigenvalue weighted by Crippen LogP contribution is -2.32. The number of benzene rings is 1. The van der Waals surface area contributed by atoms with Gasteiger partial charge < -0.3 is 4.74 Å². The molecular formula is C19H17N5O2S. The molecule has 1 aromatic carbocycles. The van der Waals surface area contributed by atoms with Gasteiger partial charge in [0.1, 0.15) is 11.4 Å². The second kappa shape index (κ2) is 7.16. The highest BCUT2D eigenvalue weighted by Gasteiger charge is 2.24. The van der Waals surface area contributed by atoms with E-state index in [1.807, 2.05) is 36.4 Å². The van der Waals surface area contributed by atoms with Crippen LogP contribution in [0.15, 0.2) is 54.9 Å². The molecule has 0 saturated carbocycles. The van der Waals surface area contributed by atoms with Crippen LogP contribution in [0.1, 0.15) is 16.2 Å². The Balaban J connectivity index is 1.77. The van der Waals surface area contributed by atoms with E-state index >= 15 is 0 Å². The summed E-state index contributed by atoms with van der Waals surface area (Å²) in [6.45, 7) is 0.321.